The van der Waals surface area contributed by atoms with Gasteiger partial charge in [0.05, 0.1) is 5.92 Å². The molecule has 0 radical (unpaired) electrons. The molecule has 0 aliphatic carbocycles. The van der Waals surface area contributed by atoms with Crippen LogP contribution in [0.3, 0.4) is 0 Å². The van der Waals surface area contributed by atoms with Crippen LogP contribution in [0, 0.1) is 23.7 Å². The Labute approximate surface area is 119 Å². The van der Waals surface area contributed by atoms with E-state index < -0.39 is 17.8 Å². The number of nitrogens with one attached hydrogen (secondary N) is 1. The number of carbonyl (C=O) groups excluding carboxylic acids is 1. The average molecular weight is 273 g/mol. The number of aliphatic carboxylic acids is 1. The Morgan fingerprint density at radius 2 is 1.90 bits per heavy atom. The molecule has 0 heterocycles. The van der Waals surface area contributed by atoms with Gasteiger partial charge in [0.1, 0.15) is 0 Å². The monoisotopic (exact) mass is 273 g/mol. The topological polar surface area (TPSA) is 66.4 Å². The standard InChI is InChI=1S/C16H19NO3/c1-12(2)10-14(16(19)20)11-17-15(18)9-8-13-6-4-3-5-7-13/h3-7,12,14H,10-11H2,1-2H3,(H,17,18)(H,19,20). The summed E-state index contributed by atoms with van der Waals surface area (Å²) in [4.78, 5) is 22.6. The van der Waals surface area contributed by atoms with Crippen molar-refractivity contribution in [2.75, 3.05) is 6.54 Å². The number of rotatable bonds is 5. The molecule has 20 heavy (non-hydrogen) atoms. The SMILES string of the molecule is CC(C)CC(CNC(=O)C#Cc1ccccc1)C(=O)O. The number of hydrogen-bond donors (Lipinski definition) is 2. The van der Waals surface area contributed by atoms with Crippen LogP contribution in [0.25, 0.3) is 0 Å². The first-order valence-corrected chi connectivity index (χ1v) is 6.56. The van der Waals surface area contributed by atoms with E-state index in [4.69, 9.17) is 5.11 Å². The Balaban J connectivity index is 2.50. The second-order valence-electron chi connectivity index (χ2n) is 4.99. The van der Waals surface area contributed by atoms with Crippen LogP contribution < -0.4 is 5.32 Å². The minimum absolute atomic E-state index is 0.107. The molecule has 1 unspecified atom stereocenters. The molecular formula is C16H19NO3. The summed E-state index contributed by atoms with van der Waals surface area (Å²) in [5.41, 5.74) is 0.750. The van der Waals surface area contributed by atoms with Crippen molar-refractivity contribution in [3.8, 4) is 11.8 Å². The molecule has 0 aliphatic rings. The third-order valence-corrected chi connectivity index (χ3v) is 2.71. The molecule has 1 aromatic rings. The Hall–Kier alpha value is -2.28. The Morgan fingerprint density at radius 1 is 1.25 bits per heavy atom. The third-order valence-electron chi connectivity index (χ3n) is 2.71. The van der Waals surface area contributed by atoms with Crippen molar-refractivity contribution in [2.45, 2.75) is 20.3 Å². The van der Waals surface area contributed by atoms with Crippen LogP contribution >= 0.6 is 0 Å². The fraction of sp³-hybridized carbons (Fsp3) is 0.375. The van der Waals surface area contributed by atoms with Gasteiger partial charge < -0.3 is 10.4 Å². The maximum Gasteiger partial charge on any atom is 0.308 e. The van der Waals surface area contributed by atoms with E-state index in [9.17, 15) is 9.59 Å². The maximum absolute atomic E-state index is 11.6. The summed E-state index contributed by atoms with van der Waals surface area (Å²) >= 11 is 0. The summed E-state index contributed by atoms with van der Waals surface area (Å²) < 4.78 is 0. The number of amides is 1. The molecule has 4 heteroatoms. The first-order chi connectivity index (χ1) is 9.49. The minimum atomic E-state index is -0.894. The fourth-order valence-corrected chi connectivity index (χ4v) is 1.75. The van der Waals surface area contributed by atoms with E-state index in [0.717, 1.165) is 5.56 Å². The van der Waals surface area contributed by atoms with Crippen molar-refractivity contribution < 1.29 is 14.7 Å². The van der Waals surface area contributed by atoms with Gasteiger partial charge in [-0.1, -0.05) is 38.0 Å². The Kier molecular flexibility index (Phi) is 6.31. The number of hydrogen-bond acceptors (Lipinski definition) is 2. The van der Waals surface area contributed by atoms with Gasteiger partial charge in [-0.2, -0.15) is 0 Å². The van der Waals surface area contributed by atoms with Gasteiger partial charge in [0.15, 0.2) is 0 Å². The smallest absolute Gasteiger partial charge is 0.308 e. The van der Waals surface area contributed by atoms with Gasteiger partial charge in [-0.05, 0) is 24.5 Å². The van der Waals surface area contributed by atoms with Crippen molar-refractivity contribution in [3.05, 3.63) is 35.9 Å². The van der Waals surface area contributed by atoms with Crippen molar-refractivity contribution in [3.63, 3.8) is 0 Å². The lowest BCUT2D eigenvalue weighted by Crippen LogP contribution is -2.32. The van der Waals surface area contributed by atoms with Crippen LogP contribution in [0.5, 0.6) is 0 Å². The molecule has 0 spiro atoms. The van der Waals surface area contributed by atoms with Crippen molar-refractivity contribution >= 4 is 11.9 Å². The van der Waals surface area contributed by atoms with Gasteiger partial charge in [-0.15, -0.1) is 0 Å². The quantitative estimate of drug-likeness (QED) is 0.805. The zero-order valence-corrected chi connectivity index (χ0v) is 11.7. The number of carboxylic acid groups (broad SMARTS) is 1. The lowest BCUT2D eigenvalue weighted by atomic mass is 9.97. The van der Waals surface area contributed by atoms with Crippen LogP contribution in [0.15, 0.2) is 30.3 Å². The number of carboxylic acids is 1. The molecule has 1 rings (SSSR count). The molecule has 0 aliphatic heterocycles. The molecule has 1 atom stereocenters. The first kappa shape index (κ1) is 15.8. The molecule has 1 aromatic carbocycles. The van der Waals surface area contributed by atoms with Crippen molar-refractivity contribution in [2.24, 2.45) is 11.8 Å². The number of carbonyl (C=O) groups is 2. The van der Waals surface area contributed by atoms with E-state index in [-0.39, 0.29) is 12.5 Å². The maximum atomic E-state index is 11.6. The predicted octanol–water partition coefficient (Wildman–Crippen LogP) is 1.90. The molecule has 106 valence electrons. The van der Waals surface area contributed by atoms with E-state index in [0.29, 0.717) is 6.42 Å². The third kappa shape index (κ3) is 6.05. The Morgan fingerprint density at radius 3 is 2.45 bits per heavy atom. The highest BCUT2D eigenvalue weighted by Crippen LogP contribution is 2.10. The van der Waals surface area contributed by atoms with Gasteiger partial charge in [-0.25, -0.2) is 0 Å². The van der Waals surface area contributed by atoms with E-state index in [2.05, 4.69) is 17.2 Å². The second-order valence-corrected chi connectivity index (χ2v) is 4.99. The zero-order valence-electron chi connectivity index (χ0n) is 11.7. The summed E-state index contributed by atoms with van der Waals surface area (Å²) in [6.07, 6.45) is 0.529. The normalized spacial score (nSPS) is 11.3. The van der Waals surface area contributed by atoms with Gasteiger partial charge >= 0.3 is 5.97 Å². The van der Waals surface area contributed by atoms with Crippen LogP contribution in [0.4, 0.5) is 0 Å². The molecule has 0 saturated carbocycles. The molecule has 1 amide bonds. The first-order valence-electron chi connectivity index (χ1n) is 6.56. The highest BCUT2D eigenvalue weighted by molar-refractivity contribution is 5.94. The largest absolute Gasteiger partial charge is 0.481 e. The van der Waals surface area contributed by atoms with Crippen molar-refractivity contribution in [1.29, 1.82) is 0 Å². The van der Waals surface area contributed by atoms with Gasteiger partial charge in [0.2, 0.25) is 0 Å². The van der Waals surface area contributed by atoms with Crippen LogP contribution in [-0.2, 0) is 9.59 Å². The molecular weight excluding hydrogens is 254 g/mol. The molecule has 2 N–H and O–H groups in total. The molecule has 0 fully saturated rings. The van der Waals surface area contributed by atoms with Gasteiger partial charge in [-0.3, -0.25) is 9.59 Å². The van der Waals surface area contributed by atoms with E-state index in [1.165, 1.54) is 0 Å². The highest BCUT2D eigenvalue weighted by Gasteiger charge is 2.19. The van der Waals surface area contributed by atoms with E-state index in [1.807, 2.05) is 32.0 Å². The van der Waals surface area contributed by atoms with Crippen LogP contribution in [0.1, 0.15) is 25.8 Å². The summed E-state index contributed by atoms with van der Waals surface area (Å²) in [6, 6.07) is 9.16. The molecule has 4 nitrogen and oxygen atoms in total. The minimum Gasteiger partial charge on any atom is -0.481 e. The number of benzene rings is 1. The second kappa shape index (κ2) is 8.00. The lowest BCUT2D eigenvalue weighted by molar-refractivity contribution is -0.142. The van der Waals surface area contributed by atoms with Crippen molar-refractivity contribution in [1.82, 2.24) is 5.32 Å². The Bertz CT molecular complexity index is 512. The van der Waals surface area contributed by atoms with E-state index in [1.54, 1.807) is 12.1 Å². The van der Waals surface area contributed by atoms with Crippen LogP contribution in [0.2, 0.25) is 0 Å². The summed E-state index contributed by atoms with van der Waals surface area (Å²) in [5, 5.41) is 11.6. The average Bonchev–Trinajstić information content (AvgIpc) is 2.41. The molecule has 0 aromatic heterocycles. The predicted molar refractivity (Wildman–Crippen MR) is 76.9 cm³/mol. The summed E-state index contributed by atoms with van der Waals surface area (Å²) in [5.74, 6) is 3.53. The molecule has 0 saturated heterocycles. The van der Waals surface area contributed by atoms with Gasteiger partial charge in [0, 0.05) is 18.0 Å². The van der Waals surface area contributed by atoms with Crippen LogP contribution in [-0.4, -0.2) is 23.5 Å². The fourth-order valence-electron chi connectivity index (χ4n) is 1.75. The molecule has 0 bridgehead atoms. The highest BCUT2D eigenvalue weighted by atomic mass is 16.4. The summed E-state index contributed by atoms with van der Waals surface area (Å²) in [7, 11) is 0. The zero-order chi connectivity index (χ0) is 15.0. The summed E-state index contributed by atoms with van der Waals surface area (Å²) in [6.45, 7) is 4.01. The lowest BCUT2D eigenvalue weighted by Gasteiger charge is -2.14. The van der Waals surface area contributed by atoms with E-state index >= 15 is 0 Å². The van der Waals surface area contributed by atoms with Gasteiger partial charge in [0.25, 0.3) is 5.91 Å².